The third-order valence-corrected chi connectivity index (χ3v) is 8.28. The fraction of sp³-hybridized carbons (Fsp3) is 0.400. The van der Waals surface area contributed by atoms with Crippen LogP contribution in [0.25, 0.3) is 0 Å². The molecule has 3 rings (SSSR count). The van der Waals surface area contributed by atoms with Gasteiger partial charge in [-0.05, 0) is 5.92 Å². The van der Waals surface area contributed by atoms with Gasteiger partial charge in [-0.3, -0.25) is 0 Å². The molecule has 0 aliphatic heterocycles. The lowest BCUT2D eigenvalue weighted by Gasteiger charge is -2.24. The monoisotopic (exact) mass is 294 g/mol. The molecule has 0 bridgehead atoms. The van der Waals surface area contributed by atoms with E-state index in [0.717, 1.165) is 5.92 Å². The third kappa shape index (κ3) is 4.07. The van der Waals surface area contributed by atoms with E-state index in [1.54, 1.807) is 10.4 Å². The Kier molecular flexibility index (Phi) is 5.28. The van der Waals surface area contributed by atoms with E-state index in [4.69, 9.17) is 0 Å². The van der Waals surface area contributed by atoms with Gasteiger partial charge in [0.25, 0.3) is 0 Å². The highest BCUT2D eigenvalue weighted by atomic mass is 28.3. The number of hydrogen-bond acceptors (Lipinski definition) is 0. The minimum atomic E-state index is -1.02. The van der Waals surface area contributed by atoms with E-state index in [2.05, 4.69) is 60.7 Å². The van der Waals surface area contributed by atoms with Gasteiger partial charge >= 0.3 is 0 Å². The standard InChI is InChI=1S/C20H26Si/c1-4-10-18(11-5-1)16-17-21(19-12-6-2-7-13-19)20-14-8-3-9-15-20/h2-3,6-9,12-15,18,21H,1,4-5,10-11,16-17H2. The molecule has 2 aromatic carbocycles. The zero-order valence-electron chi connectivity index (χ0n) is 12.9. The predicted octanol–water partition coefficient (Wildman–Crippen LogP) is 4.00. The van der Waals surface area contributed by atoms with Crippen molar-refractivity contribution in [1.29, 1.82) is 0 Å². The minimum Gasteiger partial charge on any atom is -0.0629 e. The van der Waals surface area contributed by atoms with Gasteiger partial charge in [0.15, 0.2) is 0 Å². The molecule has 0 atom stereocenters. The first-order valence-electron chi connectivity index (χ1n) is 8.53. The Bertz CT molecular complexity index is 475. The summed E-state index contributed by atoms with van der Waals surface area (Å²) in [7, 11) is -1.02. The van der Waals surface area contributed by atoms with Crippen molar-refractivity contribution in [3.8, 4) is 0 Å². The summed E-state index contributed by atoms with van der Waals surface area (Å²) in [5.41, 5.74) is 0. The molecular weight excluding hydrogens is 268 g/mol. The zero-order valence-corrected chi connectivity index (χ0v) is 14.0. The molecule has 21 heavy (non-hydrogen) atoms. The molecule has 0 N–H and O–H groups in total. The van der Waals surface area contributed by atoms with Gasteiger partial charge in [-0.25, -0.2) is 0 Å². The number of benzene rings is 2. The van der Waals surface area contributed by atoms with Crippen LogP contribution in [0.1, 0.15) is 38.5 Å². The van der Waals surface area contributed by atoms with E-state index in [-0.39, 0.29) is 0 Å². The van der Waals surface area contributed by atoms with E-state index in [9.17, 15) is 0 Å². The Morgan fingerprint density at radius 1 is 0.714 bits per heavy atom. The van der Waals surface area contributed by atoms with Gasteiger partial charge in [0.1, 0.15) is 8.80 Å². The van der Waals surface area contributed by atoms with Gasteiger partial charge in [0.2, 0.25) is 0 Å². The van der Waals surface area contributed by atoms with Gasteiger partial charge < -0.3 is 0 Å². The molecule has 0 heterocycles. The summed E-state index contributed by atoms with van der Waals surface area (Å²) in [5.74, 6) is 1.00. The first-order chi connectivity index (χ1) is 10.4. The summed E-state index contributed by atoms with van der Waals surface area (Å²) < 4.78 is 0. The number of hydrogen-bond donors (Lipinski definition) is 0. The summed E-state index contributed by atoms with van der Waals surface area (Å²) in [6, 6.07) is 23.9. The van der Waals surface area contributed by atoms with Crippen LogP contribution in [0.3, 0.4) is 0 Å². The molecule has 0 aromatic heterocycles. The van der Waals surface area contributed by atoms with E-state index in [1.807, 2.05) is 0 Å². The maximum atomic E-state index is 2.35. The van der Waals surface area contributed by atoms with Crippen LogP contribution in [-0.2, 0) is 0 Å². The Morgan fingerprint density at radius 2 is 1.24 bits per heavy atom. The van der Waals surface area contributed by atoms with E-state index >= 15 is 0 Å². The van der Waals surface area contributed by atoms with Crippen molar-refractivity contribution in [3.05, 3.63) is 60.7 Å². The Labute approximate surface area is 130 Å². The second kappa shape index (κ2) is 7.60. The highest BCUT2D eigenvalue weighted by Gasteiger charge is 2.19. The van der Waals surface area contributed by atoms with Crippen LogP contribution >= 0.6 is 0 Å². The quantitative estimate of drug-likeness (QED) is 0.731. The molecule has 110 valence electrons. The van der Waals surface area contributed by atoms with Crippen LogP contribution in [0.5, 0.6) is 0 Å². The molecule has 1 heteroatoms. The molecule has 0 spiro atoms. The molecular formula is C20H26Si. The van der Waals surface area contributed by atoms with Crippen LogP contribution in [0.15, 0.2) is 60.7 Å². The SMILES string of the molecule is c1ccc([SiH](CCC2CCCCC2)c2ccccc2)cc1. The second-order valence-corrected chi connectivity index (χ2v) is 9.47. The fourth-order valence-corrected chi connectivity index (χ4v) is 7.00. The van der Waals surface area contributed by atoms with Crippen molar-refractivity contribution in [3.63, 3.8) is 0 Å². The first kappa shape index (κ1) is 14.6. The van der Waals surface area contributed by atoms with Crippen LogP contribution in [0, 0.1) is 5.92 Å². The van der Waals surface area contributed by atoms with Crippen LogP contribution in [0.4, 0.5) is 0 Å². The average Bonchev–Trinajstić information content (AvgIpc) is 2.58. The fourth-order valence-electron chi connectivity index (χ4n) is 3.77. The topological polar surface area (TPSA) is 0 Å². The van der Waals surface area contributed by atoms with Gasteiger partial charge in [-0.2, -0.15) is 0 Å². The molecule has 1 fully saturated rings. The van der Waals surface area contributed by atoms with Crippen molar-refractivity contribution in [2.75, 3.05) is 0 Å². The summed E-state index contributed by atoms with van der Waals surface area (Å²) in [6.45, 7) is 0. The van der Waals surface area contributed by atoms with Crippen molar-refractivity contribution in [1.82, 2.24) is 0 Å². The van der Waals surface area contributed by atoms with Gasteiger partial charge in [0.05, 0.1) is 0 Å². The molecule has 0 amide bonds. The maximum Gasteiger partial charge on any atom is 0.103 e. The van der Waals surface area contributed by atoms with Gasteiger partial charge in [-0.1, -0.05) is 116 Å². The molecule has 1 aliphatic rings. The summed E-state index contributed by atoms with van der Waals surface area (Å²) >= 11 is 0. The van der Waals surface area contributed by atoms with Gasteiger partial charge in [-0.15, -0.1) is 0 Å². The van der Waals surface area contributed by atoms with E-state index in [0.29, 0.717) is 0 Å². The lowest BCUT2D eigenvalue weighted by atomic mass is 9.88. The van der Waals surface area contributed by atoms with Crippen LogP contribution in [-0.4, -0.2) is 8.80 Å². The predicted molar refractivity (Wildman–Crippen MR) is 95.3 cm³/mol. The van der Waals surface area contributed by atoms with E-state index < -0.39 is 8.80 Å². The van der Waals surface area contributed by atoms with Crippen molar-refractivity contribution in [2.45, 2.75) is 44.6 Å². The molecule has 0 radical (unpaired) electrons. The Morgan fingerprint density at radius 3 is 1.76 bits per heavy atom. The lowest BCUT2D eigenvalue weighted by Crippen LogP contribution is -2.42. The first-order valence-corrected chi connectivity index (χ1v) is 10.5. The smallest absolute Gasteiger partial charge is 0.0629 e. The normalized spacial score (nSPS) is 16.2. The Hall–Kier alpha value is -1.34. The van der Waals surface area contributed by atoms with Crippen LogP contribution in [0.2, 0.25) is 6.04 Å². The highest BCUT2D eigenvalue weighted by Crippen LogP contribution is 2.27. The third-order valence-electron chi connectivity index (χ3n) is 4.99. The molecule has 1 aliphatic carbocycles. The number of rotatable bonds is 5. The van der Waals surface area contributed by atoms with Gasteiger partial charge in [0, 0.05) is 0 Å². The molecule has 2 aromatic rings. The lowest BCUT2D eigenvalue weighted by molar-refractivity contribution is 0.349. The molecule has 0 nitrogen and oxygen atoms in total. The zero-order chi connectivity index (χ0) is 14.3. The molecule has 0 unspecified atom stereocenters. The maximum absolute atomic E-state index is 2.35. The van der Waals surface area contributed by atoms with Crippen molar-refractivity contribution in [2.24, 2.45) is 5.92 Å². The van der Waals surface area contributed by atoms with Crippen molar-refractivity contribution >= 4 is 19.2 Å². The summed E-state index contributed by atoms with van der Waals surface area (Å²) in [6.07, 6.45) is 8.80. The highest BCUT2D eigenvalue weighted by molar-refractivity contribution is 6.85. The minimum absolute atomic E-state index is 1.00. The average molecular weight is 295 g/mol. The van der Waals surface area contributed by atoms with Crippen molar-refractivity contribution < 1.29 is 0 Å². The summed E-state index contributed by atoms with van der Waals surface area (Å²) in [5, 5.41) is 3.22. The Balaban J connectivity index is 1.73. The van der Waals surface area contributed by atoms with E-state index in [1.165, 1.54) is 44.6 Å². The summed E-state index contributed by atoms with van der Waals surface area (Å²) in [4.78, 5) is 0. The van der Waals surface area contributed by atoms with Crippen LogP contribution < -0.4 is 10.4 Å². The molecule has 1 saturated carbocycles. The largest absolute Gasteiger partial charge is 0.103 e. The second-order valence-electron chi connectivity index (χ2n) is 6.46. The molecule has 0 saturated heterocycles.